The molecule has 2 saturated heterocycles. The fourth-order valence-electron chi connectivity index (χ4n) is 4.27. The second-order valence-electron chi connectivity index (χ2n) is 8.43. The van der Waals surface area contributed by atoms with Gasteiger partial charge in [0, 0.05) is 38.6 Å². The number of ether oxygens (including phenoxy) is 2. The monoisotopic (exact) mass is 571 g/mol. The van der Waals surface area contributed by atoms with Crippen LogP contribution in [0.5, 0.6) is 0 Å². The maximum Gasteiger partial charge on any atom is 0.194 e. The van der Waals surface area contributed by atoms with Crippen molar-refractivity contribution in [3.05, 3.63) is 48.3 Å². The fraction of sp³-hybridized carbons (Fsp3) is 0.583. The highest BCUT2D eigenvalue weighted by Crippen LogP contribution is 2.19. The van der Waals surface area contributed by atoms with Crippen LogP contribution in [-0.2, 0) is 16.0 Å². The van der Waals surface area contributed by atoms with Gasteiger partial charge in [-0.2, -0.15) is 0 Å². The van der Waals surface area contributed by atoms with E-state index in [2.05, 4.69) is 22.1 Å². The molecule has 0 radical (unpaired) electrons. The van der Waals surface area contributed by atoms with Crippen molar-refractivity contribution in [2.45, 2.75) is 57.8 Å². The van der Waals surface area contributed by atoms with Crippen molar-refractivity contribution < 1.29 is 13.9 Å². The van der Waals surface area contributed by atoms with Gasteiger partial charge in [0.2, 0.25) is 0 Å². The average molecular weight is 571 g/mol. The van der Waals surface area contributed by atoms with E-state index < -0.39 is 0 Å². The molecule has 3 heterocycles. The number of rotatable bonds is 7. The van der Waals surface area contributed by atoms with Gasteiger partial charge in [-0.05, 0) is 56.7 Å². The van der Waals surface area contributed by atoms with Gasteiger partial charge < -0.3 is 24.3 Å². The summed E-state index contributed by atoms with van der Waals surface area (Å²) in [6.45, 7) is 6.66. The number of guanidine groups is 1. The minimum atomic E-state index is -0.277. The predicted octanol–water partition coefficient (Wildman–Crippen LogP) is 4.15. The van der Waals surface area contributed by atoms with Gasteiger partial charge in [-0.3, -0.25) is 0 Å². The average Bonchev–Trinajstić information content (AvgIpc) is 3.36. The first kappa shape index (κ1) is 25.9. The Morgan fingerprint density at radius 2 is 2.12 bits per heavy atom. The fourth-order valence-corrected chi connectivity index (χ4v) is 4.27. The summed E-state index contributed by atoms with van der Waals surface area (Å²) >= 11 is 0. The van der Waals surface area contributed by atoms with Crippen LogP contribution in [-0.4, -0.2) is 65.5 Å². The molecule has 1 unspecified atom stereocenters. The molecule has 2 aromatic rings. The molecule has 0 aliphatic carbocycles. The van der Waals surface area contributed by atoms with E-state index in [1.807, 2.05) is 6.07 Å². The van der Waals surface area contributed by atoms with Gasteiger partial charge in [0.25, 0.3) is 0 Å². The molecule has 33 heavy (non-hydrogen) atoms. The number of benzene rings is 1. The molecule has 1 aromatic heterocycles. The second-order valence-corrected chi connectivity index (χ2v) is 8.43. The molecule has 2 aliphatic heterocycles. The molecule has 7 nitrogen and oxygen atoms in total. The highest BCUT2D eigenvalue weighted by Gasteiger charge is 2.23. The zero-order valence-corrected chi connectivity index (χ0v) is 21.6. The lowest BCUT2D eigenvalue weighted by Gasteiger charge is -2.35. The van der Waals surface area contributed by atoms with Crippen molar-refractivity contribution in [3.8, 4) is 5.69 Å². The van der Waals surface area contributed by atoms with E-state index in [0.29, 0.717) is 18.8 Å². The van der Waals surface area contributed by atoms with E-state index in [1.54, 1.807) is 35.4 Å². The van der Waals surface area contributed by atoms with E-state index in [4.69, 9.17) is 14.5 Å². The highest BCUT2D eigenvalue weighted by atomic mass is 127. The Labute approximate surface area is 212 Å². The number of hydrogen-bond acceptors (Lipinski definition) is 4. The molecule has 182 valence electrons. The molecule has 4 rings (SSSR count). The first-order valence-corrected chi connectivity index (χ1v) is 11.8. The number of nitrogens with zero attached hydrogens (tertiary/aromatic N) is 4. The molecule has 1 atom stereocenters. The molecule has 0 amide bonds. The molecule has 1 N–H and O–H groups in total. The Kier molecular flexibility index (Phi) is 10.4. The maximum atomic E-state index is 14.5. The minimum absolute atomic E-state index is 0. The summed E-state index contributed by atoms with van der Waals surface area (Å²) in [4.78, 5) is 11.0. The lowest BCUT2D eigenvalue weighted by Crippen LogP contribution is -2.47. The number of imidazole rings is 1. The van der Waals surface area contributed by atoms with Crippen LogP contribution in [0.3, 0.4) is 0 Å². The molecule has 0 saturated carbocycles. The van der Waals surface area contributed by atoms with Crippen molar-refractivity contribution in [2.24, 2.45) is 4.99 Å². The number of nitrogens with one attached hydrogen (secondary N) is 1. The highest BCUT2D eigenvalue weighted by molar-refractivity contribution is 14.0. The molecular weight excluding hydrogens is 536 g/mol. The Balaban J connectivity index is 0.00000306. The van der Waals surface area contributed by atoms with Gasteiger partial charge in [0.15, 0.2) is 5.96 Å². The number of aliphatic imine (C=N–C) groups is 1. The molecule has 1 aromatic carbocycles. The van der Waals surface area contributed by atoms with Crippen LogP contribution in [0.4, 0.5) is 4.39 Å². The second kappa shape index (κ2) is 13.2. The number of halogens is 2. The zero-order valence-electron chi connectivity index (χ0n) is 19.3. The van der Waals surface area contributed by atoms with Gasteiger partial charge >= 0.3 is 0 Å². The third-order valence-corrected chi connectivity index (χ3v) is 6.07. The standard InChI is InChI=1S/C24H34FN5O2.HI/c1-2-27-24(28-16-19-6-7-23(22(25)15-19)30-13-10-26-18-30)29-11-8-20(9-12-29)32-17-21-5-3-4-14-31-21;/h6-7,10,13,15,18,20-21H,2-5,8-9,11-12,14,16-17H2,1H3,(H,27,28);1H. The summed E-state index contributed by atoms with van der Waals surface area (Å²) in [5.41, 5.74) is 1.33. The summed E-state index contributed by atoms with van der Waals surface area (Å²) in [6, 6.07) is 5.24. The summed E-state index contributed by atoms with van der Waals surface area (Å²) in [5, 5.41) is 3.38. The lowest BCUT2D eigenvalue weighted by atomic mass is 10.1. The number of likely N-dealkylation sites (tertiary alicyclic amines) is 1. The minimum Gasteiger partial charge on any atom is -0.376 e. The first-order chi connectivity index (χ1) is 15.7. The van der Waals surface area contributed by atoms with Crippen molar-refractivity contribution in [2.75, 3.05) is 32.8 Å². The first-order valence-electron chi connectivity index (χ1n) is 11.8. The Morgan fingerprint density at radius 3 is 2.79 bits per heavy atom. The van der Waals surface area contributed by atoms with Crippen LogP contribution in [0.2, 0.25) is 0 Å². The predicted molar refractivity (Wildman–Crippen MR) is 138 cm³/mol. The van der Waals surface area contributed by atoms with Crippen molar-refractivity contribution in [3.63, 3.8) is 0 Å². The third-order valence-electron chi connectivity index (χ3n) is 6.07. The van der Waals surface area contributed by atoms with E-state index in [-0.39, 0.29) is 42.0 Å². The molecular formula is C24H35FIN5O2. The molecule has 0 bridgehead atoms. The van der Waals surface area contributed by atoms with Gasteiger partial charge in [-0.15, -0.1) is 24.0 Å². The van der Waals surface area contributed by atoms with E-state index in [0.717, 1.165) is 57.0 Å². The van der Waals surface area contributed by atoms with Gasteiger partial charge in [0.1, 0.15) is 5.82 Å². The lowest BCUT2D eigenvalue weighted by molar-refractivity contribution is -0.0721. The number of hydrogen-bond donors (Lipinski definition) is 1. The maximum absolute atomic E-state index is 14.5. The van der Waals surface area contributed by atoms with Crippen LogP contribution in [0.1, 0.15) is 44.6 Å². The van der Waals surface area contributed by atoms with Crippen molar-refractivity contribution in [1.29, 1.82) is 0 Å². The van der Waals surface area contributed by atoms with Crippen LogP contribution >= 0.6 is 24.0 Å². The van der Waals surface area contributed by atoms with Crippen LogP contribution in [0, 0.1) is 5.82 Å². The largest absolute Gasteiger partial charge is 0.376 e. The van der Waals surface area contributed by atoms with Crippen molar-refractivity contribution >= 4 is 29.9 Å². The Bertz CT molecular complexity index is 866. The summed E-state index contributed by atoms with van der Waals surface area (Å²) in [6.07, 6.45) is 11.0. The summed E-state index contributed by atoms with van der Waals surface area (Å²) < 4.78 is 28.1. The van der Waals surface area contributed by atoms with Crippen LogP contribution in [0.15, 0.2) is 41.9 Å². The molecule has 0 spiro atoms. The molecule has 2 fully saturated rings. The SMILES string of the molecule is CCNC(=NCc1ccc(-n2ccnc2)c(F)c1)N1CCC(OCC2CCCCO2)CC1.I. The quantitative estimate of drug-likeness (QED) is 0.308. The zero-order chi connectivity index (χ0) is 22.2. The third kappa shape index (κ3) is 7.38. The smallest absolute Gasteiger partial charge is 0.194 e. The summed E-state index contributed by atoms with van der Waals surface area (Å²) in [5.74, 6) is 0.598. The van der Waals surface area contributed by atoms with E-state index >= 15 is 0 Å². The van der Waals surface area contributed by atoms with E-state index in [9.17, 15) is 4.39 Å². The van der Waals surface area contributed by atoms with E-state index in [1.165, 1.54) is 12.8 Å². The van der Waals surface area contributed by atoms with Crippen LogP contribution < -0.4 is 5.32 Å². The molecule has 9 heteroatoms. The normalized spacial score (nSPS) is 19.9. The number of piperidine rings is 1. The van der Waals surface area contributed by atoms with Gasteiger partial charge in [-0.25, -0.2) is 14.4 Å². The topological polar surface area (TPSA) is 63.9 Å². The Morgan fingerprint density at radius 1 is 1.27 bits per heavy atom. The summed E-state index contributed by atoms with van der Waals surface area (Å²) in [7, 11) is 0. The van der Waals surface area contributed by atoms with Crippen LogP contribution in [0.25, 0.3) is 5.69 Å². The van der Waals surface area contributed by atoms with Crippen molar-refractivity contribution in [1.82, 2.24) is 19.8 Å². The van der Waals surface area contributed by atoms with Gasteiger partial charge in [-0.1, -0.05) is 6.07 Å². The number of aromatic nitrogens is 2. The van der Waals surface area contributed by atoms with Gasteiger partial charge in [0.05, 0.1) is 37.4 Å². The molecule has 2 aliphatic rings. The Hall–Kier alpha value is -1.72.